The minimum atomic E-state index is 0.665. The van der Waals surface area contributed by atoms with Gasteiger partial charge in [0.1, 0.15) is 0 Å². The van der Waals surface area contributed by atoms with Crippen LogP contribution in [-0.4, -0.2) is 14.5 Å². The summed E-state index contributed by atoms with van der Waals surface area (Å²) in [6.45, 7) is 0. The lowest BCUT2D eigenvalue weighted by Crippen LogP contribution is -2.04. The van der Waals surface area contributed by atoms with Gasteiger partial charge in [-0.15, -0.1) is 0 Å². The molecule has 0 aliphatic heterocycles. The Morgan fingerprint density at radius 1 is 0.333 bits per heavy atom. The summed E-state index contributed by atoms with van der Waals surface area (Å²) >= 11 is 0. The first-order chi connectivity index (χ1) is 25.3. The van der Waals surface area contributed by atoms with Crippen LogP contribution in [0.4, 0.5) is 0 Å². The number of aromatic nitrogens is 3. The van der Waals surface area contributed by atoms with Crippen molar-refractivity contribution in [2.75, 3.05) is 0 Å². The summed E-state index contributed by atoms with van der Waals surface area (Å²) in [5.74, 6) is 0.665. The molecule has 3 nitrogen and oxygen atoms in total. The second-order valence-electron chi connectivity index (χ2n) is 13.4. The zero-order chi connectivity index (χ0) is 33.5. The van der Waals surface area contributed by atoms with Crippen LogP contribution in [0.1, 0.15) is 0 Å². The Morgan fingerprint density at radius 2 is 0.902 bits per heavy atom. The summed E-state index contributed by atoms with van der Waals surface area (Å²) in [6, 6.07) is 63.2. The SMILES string of the molecule is c1ccc(-c2nc(-n3c4c5ccccc5ccc4c4cc(-c5ccc6ccccc6c5)c5ccccc5c43)nc3c2ccc2ccccc23)cc1. The van der Waals surface area contributed by atoms with E-state index in [1.165, 1.54) is 54.2 Å². The molecule has 11 rings (SSSR count). The average Bonchev–Trinajstić information content (AvgIpc) is 3.55. The van der Waals surface area contributed by atoms with E-state index in [1.807, 2.05) is 0 Å². The Hall–Kier alpha value is -6.84. The van der Waals surface area contributed by atoms with E-state index in [4.69, 9.17) is 9.97 Å². The van der Waals surface area contributed by atoms with Crippen molar-refractivity contribution in [3.63, 3.8) is 0 Å². The van der Waals surface area contributed by atoms with E-state index in [1.54, 1.807) is 0 Å². The first-order valence-corrected chi connectivity index (χ1v) is 17.4. The molecule has 0 saturated heterocycles. The van der Waals surface area contributed by atoms with Crippen molar-refractivity contribution in [2.45, 2.75) is 0 Å². The van der Waals surface area contributed by atoms with Crippen LogP contribution in [0.2, 0.25) is 0 Å². The molecule has 9 aromatic carbocycles. The first kappa shape index (κ1) is 28.0. The highest BCUT2D eigenvalue weighted by atomic mass is 15.2. The van der Waals surface area contributed by atoms with Crippen LogP contribution in [0.3, 0.4) is 0 Å². The third-order valence-electron chi connectivity index (χ3n) is 10.5. The molecule has 3 heteroatoms. The summed E-state index contributed by atoms with van der Waals surface area (Å²) in [6.07, 6.45) is 0. The predicted octanol–water partition coefficient (Wildman–Crippen LogP) is 12.7. The topological polar surface area (TPSA) is 30.7 Å². The van der Waals surface area contributed by atoms with Gasteiger partial charge >= 0.3 is 0 Å². The van der Waals surface area contributed by atoms with Gasteiger partial charge in [0, 0.05) is 37.9 Å². The Labute approximate surface area is 293 Å². The van der Waals surface area contributed by atoms with Crippen molar-refractivity contribution >= 4 is 75.8 Å². The van der Waals surface area contributed by atoms with Gasteiger partial charge < -0.3 is 0 Å². The maximum absolute atomic E-state index is 5.51. The highest BCUT2D eigenvalue weighted by molar-refractivity contribution is 6.26. The molecule has 2 aromatic heterocycles. The first-order valence-electron chi connectivity index (χ1n) is 17.4. The van der Waals surface area contributed by atoms with E-state index in [9.17, 15) is 0 Å². The summed E-state index contributed by atoms with van der Waals surface area (Å²) in [4.78, 5) is 11.0. The quantitative estimate of drug-likeness (QED) is 0.179. The van der Waals surface area contributed by atoms with Gasteiger partial charge in [0.15, 0.2) is 0 Å². The van der Waals surface area contributed by atoms with E-state index in [0.717, 1.165) is 44.0 Å². The Balaban J connectivity index is 1.34. The van der Waals surface area contributed by atoms with Crippen LogP contribution in [0.5, 0.6) is 0 Å². The Bertz CT molecular complexity index is 3190. The zero-order valence-electron chi connectivity index (χ0n) is 27.6. The summed E-state index contributed by atoms with van der Waals surface area (Å²) in [7, 11) is 0. The number of hydrogen-bond acceptors (Lipinski definition) is 2. The van der Waals surface area contributed by atoms with Crippen LogP contribution in [0.25, 0.3) is 104 Å². The summed E-state index contributed by atoms with van der Waals surface area (Å²) in [5, 5.41) is 12.9. The lowest BCUT2D eigenvalue weighted by molar-refractivity contribution is 1.02. The highest BCUT2D eigenvalue weighted by Gasteiger charge is 2.23. The van der Waals surface area contributed by atoms with Gasteiger partial charge in [0.2, 0.25) is 5.95 Å². The van der Waals surface area contributed by atoms with E-state index in [2.05, 4.69) is 180 Å². The van der Waals surface area contributed by atoms with Crippen molar-refractivity contribution in [1.29, 1.82) is 0 Å². The van der Waals surface area contributed by atoms with Crippen molar-refractivity contribution in [2.24, 2.45) is 0 Å². The van der Waals surface area contributed by atoms with E-state index in [-0.39, 0.29) is 0 Å². The van der Waals surface area contributed by atoms with Crippen LogP contribution in [0, 0.1) is 0 Å². The molecule has 236 valence electrons. The zero-order valence-corrected chi connectivity index (χ0v) is 27.6. The molecule has 0 atom stereocenters. The molecule has 0 aliphatic carbocycles. The van der Waals surface area contributed by atoms with Crippen molar-refractivity contribution < 1.29 is 0 Å². The molecule has 0 aliphatic rings. The molecule has 0 bridgehead atoms. The van der Waals surface area contributed by atoms with Crippen molar-refractivity contribution in [3.05, 3.63) is 176 Å². The lowest BCUT2D eigenvalue weighted by Gasteiger charge is -2.15. The molecule has 0 radical (unpaired) electrons. The smallest absolute Gasteiger partial charge is 0.235 e. The lowest BCUT2D eigenvalue weighted by atomic mass is 9.93. The van der Waals surface area contributed by atoms with Crippen LogP contribution in [0.15, 0.2) is 176 Å². The molecule has 11 aromatic rings. The summed E-state index contributed by atoms with van der Waals surface area (Å²) in [5.41, 5.74) is 7.58. The van der Waals surface area contributed by atoms with Gasteiger partial charge in [-0.25, -0.2) is 9.97 Å². The van der Waals surface area contributed by atoms with Crippen molar-refractivity contribution in [3.8, 4) is 28.3 Å². The van der Waals surface area contributed by atoms with Gasteiger partial charge in [0.05, 0.1) is 22.2 Å². The molecule has 0 spiro atoms. The molecular formula is C48H29N3. The third kappa shape index (κ3) is 4.19. The van der Waals surface area contributed by atoms with E-state index >= 15 is 0 Å². The largest absolute Gasteiger partial charge is 0.277 e. The fourth-order valence-electron chi connectivity index (χ4n) is 8.20. The van der Waals surface area contributed by atoms with Gasteiger partial charge in [-0.05, 0) is 56.3 Å². The molecule has 0 saturated carbocycles. The molecule has 51 heavy (non-hydrogen) atoms. The van der Waals surface area contributed by atoms with Gasteiger partial charge in [-0.1, -0.05) is 158 Å². The van der Waals surface area contributed by atoms with Crippen LogP contribution >= 0.6 is 0 Å². The van der Waals surface area contributed by atoms with Gasteiger partial charge in [-0.2, -0.15) is 0 Å². The van der Waals surface area contributed by atoms with E-state index < -0.39 is 0 Å². The molecular weight excluding hydrogens is 619 g/mol. The number of fused-ring (bicyclic) bond motifs is 11. The molecule has 0 fully saturated rings. The molecule has 2 heterocycles. The summed E-state index contributed by atoms with van der Waals surface area (Å²) < 4.78 is 2.34. The number of hydrogen-bond donors (Lipinski definition) is 0. The number of rotatable bonds is 3. The monoisotopic (exact) mass is 647 g/mol. The fraction of sp³-hybridized carbons (Fsp3) is 0. The van der Waals surface area contributed by atoms with Crippen LogP contribution < -0.4 is 0 Å². The highest BCUT2D eigenvalue weighted by Crippen LogP contribution is 2.44. The predicted molar refractivity (Wildman–Crippen MR) is 215 cm³/mol. The third-order valence-corrected chi connectivity index (χ3v) is 10.5. The fourth-order valence-corrected chi connectivity index (χ4v) is 8.20. The maximum atomic E-state index is 5.51. The second-order valence-corrected chi connectivity index (χ2v) is 13.4. The van der Waals surface area contributed by atoms with Crippen molar-refractivity contribution in [1.82, 2.24) is 14.5 Å². The number of benzene rings is 9. The molecule has 0 N–H and O–H groups in total. The minimum Gasteiger partial charge on any atom is -0.277 e. The van der Waals surface area contributed by atoms with Gasteiger partial charge in [-0.3, -0.25) is 4.57 Å². The molecule has 0 amide bonds. The molecule has 0 unspecified atom stereocenters. The Morgan fingerprint density at radius 3 is 1.71 bits per heavy atom. The minimum absolute atomic E-state index is 0.665. The van der Waals surface area contributed by atoms with E-state index in [0.29, 0.717) is 5.95 Å². The number of nitrogens with zero attached hydrogens (tertiary/aromatic N) is 3. The average molecular weight is 648 g/mol. The second kappa shape index (κ2) is 10.8. The maximum Gasteiger partial charge on any atom is 0.235 e. The Kier molecular flexibility index (Phi) is 5.96. The van der Waals surface area contributed by atoms with Gasteiger partial charge in [0.25, 0.3) is 0 Å². The normalized spacial score (nSPS) is 11.9. The van der Waals surface area contributed by atoms with Crippen LogP contribution in [-0.2, 0) is 0 Å². The standard InChI is InChI=1S/C48H29N3/c1-2-15-33(16-3-1)44-41-27-25-31-13-6-8-18-36(31)45(41)50-48(49-44)51-46-37-19-9-7-14-32(37)24-26-40(46)43-29-42(38-20-10-11-21-39(38)47(43)51)35-23-22-30-12-4-5-17-34(30)28-35/h1-29H.